The number of nitrogens with zero attached hydrogens (tertiary/aromatic N) is 3. The molecule has 2 aliphatic rings. The van der Waals surface area contributed by atoms with Crippen LogP contribution in [0.3, 0.4) is 0 Å². The van der Waals surface area contributed by atoms with Gasteiger partial charge in [0, 0.05) is 35.6 Å². The first-order valence-corrected chi connectivity index (χ1v) is 21.2. The summed E-state index contributed by atoms with van der Waals surface area (Å²) in [6.45, 7) is 6.57. The minimum atomic E-state index is -1.39. The summed E-state index contributed by atoms with van der Waals surface area (Å²) in [7, 11) is 0. The van der Waals surface area contributed by atoms with Gasteiger partial charge in [0.1, 0.15) is 23.5 Å². The Morgan fingerprint density at radius 3 is 2.25 bits per heavy atom. The summed E-state index contributed by atoms with van der Waals surface area (Å²) in [6, 6.07) is 26.5. The van der Waals surface area contributed by atoms with Gasteiger partial charge in [0.15, 0.2) is 0 Å². The summed E-state index contributed by atoms with van der Waals surface area (Å²) in [5.74, 6) is -2.24. The molecule has 1 aliphatic carbocycles. The number of nitrogens with one attached hydrogen (secondary N) is 3. The maximum Gasteiger partial charge on any atom is 0.357 e. The van der Waals surface area contributed by atoms with Gasteiger partial charge in [0.05, 0.1) is 24.0 Å². The molecule has 0 spiro atoms. The molecule has 5 N–H and O–H groups in total. The number of nitrogens with two attached hydrogens (primary N) is 1. The van der Waals surface area contributed by atoms with Crippen molar-refractivity contribution in [3.63, 3.8) is 0 Å². The lowest BCUT2D eigenvalue weighted by molar-refractivity contribution is -0.133. The minimum absolute atomic E-state index is 0.0576. The van der Waals surface area contributed by atoms with Crippen LogP contribution >= 0.6 is 0 Å². The summed E-state index contributed by atoms with van der Waals surface area (Å²) in [5.41, 5.74) is 6.75. The van der Waals surface area contributed by atoms with Crippen molar-refractivity contribution in [3.8, 4) is 0 Å². The number of carbonyl (C=O) groups is 5. The zero-order valence-corrected chi connectivity index (χ0v) is 35.0. The lowest BCUT2D eigenvalue weighted by Crippen LogP contribution is -2.61. The smallest absolute Gasteiger partial charge is 0.357 e. The average Bonchev–Trinajstić information content (AvgIpc) is 3.24. The summed E-state index contributed by atoms with van der Waals surface area (Å²) in [5, 5.41) is 11.4. The number of aromatic nitrogens is 2. The van der Waals surface area contributed by atoms with Crippen LogP contribution in [0.2, 0.25) is 0 Å². The van der Waals surface area contributed by atoms with Gasteiger partial charge in [-0.25, -0.2) is 14.8 Å². The molecule has 318 valence electrons. The van der Waals surface area contributed by atoms with Gasteiger partial charge in [-0.2, -0.15) is 0 Å². The molecule has 1 aliphatic heterocycles. The zero-order valence-electron chi connectivity index (χ0n) is 35.0. The largest absolute Gasteiger partial charge is 0.454 e. The second kappa shape index (κ2) is 19.0. The fourth-order valence-corrected chi connectivity index (χ4v) is 8.76. The van der Waals surface area contributed by atoms with Crippen LogP contribution < -0.4 is 21.7 Å². The van der Waals surface area contributed by atoms with Crippen molar-refractivity contribution in [1.29, 1.82) is 0 Å². The van der Waals surface area contributed by atoms with Gasteiger partial charge < -0.3 is 26.4 Å². The molecule has 61 heavy (non-hydrogen) atoms. The molecule has 0 bridgehead atoms. The highest BCUT2D eigenvalue weighted by Gasteiger charge is 2.43. The van der Waals surface area contributed by atoms with Crippen molar-refractivity contribution in [2.45, 2.75) is 95.5 Å². The second-order valence-electron chi connectivity index (χ2n) is 17.5. The fourth-order valence-electron chi connectivity index (χ4n) is 8.76. The van der Waals surface area contributed by atoms with Gasteiger partial charge in [-0.1, -0.05) is 98.1 Å². The number of hydrogen-bond donors (Lipinski definition) is 4. The molecule has 13 nitrogen and oxygen atoms in total. The van der Waals surface area contributed by atoms with E-state index in [9.17, 15) is 24.0 Å². The van der Waals surface area contributed by atoms with Crippen molar-refractivity contribution in [2.75, 3.05) is 13.1 Å². The van der Waals surface area contributed by atoms with Gasteiger partial charge >= 0.3 is 5.97 Å². The highest BCUT2D eigenvalue weighted by atomic mass is 16.5. The van der Waals surface area contributed by atoms with Gasteiger partial charge in [0.2, 0.25) is 17.7 Å². The number of para-hydroxylation sites is 1. The summed E-state index contributed by atoms with van der Waals surface area (Å²) >= 11 is 0. The number of carbonyl (C=O) groups excluding carboxylic acids is 5. The Bertz CT molecular complexity index is 2380. The molecule has 6 atom stereocenters. The van der Waals surface area contributed by atoms with Gasteiger partial charge in [0.25, 0.3) is 5.91 Å². The highest BCUT2D eigenvalue weighted by Crippen LogP contribution is 2.39. The number of likely N-dealkylation sites (tertiary alicyclic amines) is 1. The van der Waals surface area contributed by atoms with E-state index in [1.165, 1.54) is 0 Å². The molecule has 3 aromatic carbocycles. The number of benzene rings is 3. The zero-order chi connectivity index (χ0) is 43.1. The molecular formula is C48H55N7O6. The summed E-state index contributed by atoms with van der Waals surface area (Å²) < 4.78 is 6.46. The summed E-state index contributed by atoms with van der Waals surface area (Å²) in [4.78, 5) is 80.0. The van der Waals surface area contributed by atoms with E-state index in [1.54, 1.807) is 30.5 Å². The normalized spacial score (nSPS) is 19.5. The Morgan fingerprint density at radius 2 is 1.51 bits per heavy atom. The van der Waals surface area contributed by atoms with Crippen molar-refractivity contribution in [1.82, 2.24) is 30.8 Å². The van der Waals surface area contributed by atoms with E-state index >= 15 is 0 Å². The van der Waals surface area contributed by atoms with E-state index < -0.39 is 59.9 Å². The Kier molecular flexibility index (Phi) is 13.4. The predicted octanol–water partition coefficient (Wildman–Crippen LogP) is 5.51. The molecule has 1 saturated carbocycles. The topological polar surface area (TPSA) is 186 Å². The molecule has 5 aromatic rings. The van der Waals surface area contributed by atoms with E-state index in [2.05, 4.69) is 30.8 Å². The van der Waals surface area contributed by atoms with E-state index in [0.717, 1.165) is 47.4 Å². The predicted molar refractivity (Wildman–Crippen MR) is 233 cm³/mol. The molecule has 4 amide bonds. The molecule has 1 saturated heterocycles. The molecular weight excluding hydrogens is 771 g/mol. The number of piperidine rings is 1. The number of rotatable bonds is 14. The number of hydrogen-bond acceptors (Lipinski definition) is 9. The number of primary amides is 1. The third-order valence-electron chi connectivity index (χ3n) is 11.7. The first-order chi connectivity index (χ1) is 29.3. The maximum atomic E-state index is 14.5. The third-order valence-corrected chi connectivity index (χ3v) is 11.7. The van der Waals surface area contributed by atoms with Crippen molar-refractivity contribution < 1.29 is 28.7 Å². The molecule has 0 unspecified atom stereocenters. The lowest BCUT2D eigenvalue weighted by Gasteiger charge is -2.47. The number of ether oxygens (including phenoxy) is 1. The highest BCUT2D eigenvalue weighted by molar-refractivity contribution is 5.99. The van der Waals surface area contributed by atoms with Crippen molar-refractivity contribution >= 4 is 51.3 Å². The Balaban J connectivity index is 1.23. The maximum absolute atomic E-state index is 14.5. The number of esters is 1. The third kappa shape index (κ3) is 11.1. The van der Waals surface area contributed by atoms with E-state index in [1.807, 2.05) is 93.6 Å². The van der Waals surface area contributed by atoms with Crippen LogP contribution in [0.5, 0.6) is 0 Å². The van der Waals surface area contributed by atoms with Gasteiger partial charge in [-0.3, -0.25) is 24.1 Å². The van der Waals surface area contributed by atoms with Crippen molar-refractivity contribution in [3.05, 3.63) is 120 Å². The second-order valence-corrected chi connectivity index (χ2v) is 17.5. The monoisotopic (exact) mass is 825 g/mol. The van der Waals surface area contributed by atoms with E-state index in [4.69, 9.17) is 10.5 Å². The average molecular weight is 826 g/mol. The molecule has 7 rings (SSSR count). The Labute approximate surface area is 356 Å². The summed E-state index contributed by atoms with van der Waals surface area (Å²) in [6.07, 6.45) is 5.27. The minimum Gasteiger partial charge on any atom is -0.454 e. The van der Waals surface area contributed by atoms with Crippen molar-refractivity contribution in [2.24, 2.45) is 17.6 Å². The first kappa shape index (κ1) is 42.9. The Hall–Kier alpha value is -6.21. The quantitative estimate of drug-likeness (QED) is 0.105. The van der Waals surface area contributed by atoms with Crippen LogP contribution in [-0.4, -0.2) is 87.3 Å². The molecule has 2 aromatic heterocycles. The standard InChI is InChI=1S/C48H55N7O6/c1-48(2,3)54-46(59)41-25-33-17-8-10-19-35(33)28-55(41)29-42(61-47(60)40-24-32-16-7-9-18-34(32)27-50-40)38(23-30-13-5-4-6-14-30)52-45(58)39(26-43(49)56)53-44(57)37-22-21-31-15-11-12-20-36(31)51-37/h4-7,9,11-16,18,20-22,24,27,33,35,38-39,41-42H,8,10,17,19,23,25-26,28-29H2,1-3H3,(H2,49,56)(H,52,58)(H,53,57)(H,54,59)/t33-,35+,38-,39-,41-,42+/m0/s1. The van der Waals surface area contributed by atoms with Crippen LogP contribution in [0, 0.1) is 11.8 Å². The van der Waals surface area contributed by atoms with E-state index in [-0.39, 0.29) is 30.3 Å². The SMILES string of the molecule is CC(C)(C)NC(=O)[C@@H]1C[C@@H]2CCCC[C@@H]2CN1C[C@@H](OC(=O)c1cc2ccccc2cn1)[C@H](Cc1ccccc1)NC(=O)[C@H](CC(N)=O)NC(=O)c1ccc2ccccc2n1. The first-order valence-electron chi connectivity index (χ1n) is 21.2. The molecule has 2 fully saturated rings. The van der Waals surface area contributed by atoms with Crippen LogP contribution in [0.4, 0.5) is 0 Å². The number of amides is 4. The molecule has 3 heterocycles. The lowest BCUT2D eigenvalue weighted by atomic mass is 9.72. The molecule has 0 radical (unpaired) electrons. The van der Waals surface area contributed by atoms with Crippen LogP contribution in [0.25, 0.3) is 21.7 Å². The van der Waals surface area contributed by atoms with Gasteiger partial charge in [-0.15, -0.1) is 0 Å². The number of fused-ring (bicyclic) bond motifs is 3. The van der Waals surface area contributed by atoms with Crippen LogP contribution in [0.1, 0.15) is 85.8 Å². The number of pyridine rings is 2. The van der Waals surface area contributed by atoms with E-state index in [0.29, 0.717) is 30.3 Å². The van der Waals surface area contributed by atoms with Gasteiger partial charge in [-0.05, 0) is 81.0 Å². The molecule has 13 heteroatoms. The fraction of sp³-hybridized carbons (Fsp3) is 0.396. The Morgan fingerprint density at radius 1 is 0.820 bits per heavy atom. The van der Waals surface area contributed by atoms with Crippen LogP contribution in [0.15, 0.2) is 103 Å². The van der Waals surface area contributed by atoms with Crippen LogP contribution in [-0.2, 0) is 25.5 Å².